The van der Waals surface area contributed by atoms with Crippen LogP contribution in [0, 0.1) is 0 Å². The molecule has 0 unspecified atom stereocenters. The van der Waals surface area contributed by atoms with Crippen LogP contribution in [0.3, 0.4) is 0 Å². The predicted molar refractivity (Wildman–Crippen MR) is 103 cm³/mol. The number of nitrogens with one attached hydrogen (secondary N) is 1. The van der Waals surface area contributed by atoms with Crippen LogP contribution in [0.1, 0.15) is 17.5 Å². The lowest BCUT2D eigenvalue weighted by molar-refractivity contribution is -0.118. The van der Waals surface area contributed by atoms with Crippen molar-refractivity contribution in [3.8, 4) is 0 Å². The quantitative estimate of drug-likeness (QED) is 0.641. The third-order valence-electron chi connectivity index (χ3n) is 3.83. The minimum absolute atomic E-state index is 0.139. The highest BCUT2D eigenvalue weighted by molar-refractivity contribution is 7.92. The molecule has 0 aliphatic rings. The number of nitrogens with zero attached hydrogens (tertiary/aromatic N) is 1. The van der Waals surface area contributed by atoms with Gasteiger partial charge in [0.1, 0.15) is 5.78 Å². The van der Waals surface area contributed by atoms with Gasteiger partial charge in [0.25, 0.3) is 10.0 Å². The molecule has 0 saturated carbocycles. The van der Waals surface area contributed by atoms with Crippen LogP contribution in [0.4, 0.5) is 5.69 Å². The van der Waals surface area contributed by atoms with Gasteiger partial charge in [0.05, 0.1) is 4.90 Å². The fraction of sp³-hybridized carbons (Fsp3) is 0.158. The van der Waals surface area contributed by atoms with Crippen molar-refractivity contribution in [2.24, 2.45) is 0 Å². The lowest BCUT2D eigenvalue weighted by Gasteiger charge is -2.07. The van der Waals surface area contributed by atoms with E-state index in [2.05, 4.69) is 9.71 Å². The van der Waals surface area contributed by atoms with E-state index in [-0.39, 0.29) is 10.7 Å². The van der Waals surface area contributed by atoms with E-state index < -0.39 is 10.0 Å². The first kappa shape index (κ1) is 18.3. The Morgan fingerprint density at radius 3 is 2.54 bits per heavy atom. The van der Waals surface area contributed by atoms with Crippen molar-refractivity contribution in [2.75, 3.05) is 4.72 Å². The maximum atomic E-state index is 12.2. The van der Waals surface area contributed by atoms with Gasteiger partial charge in [-0.25, -0.2) is 8.42 Å². The summed E-state index contributed by atoms with van der Waals surface area (Å²) in [6, 6.07) is 12.3. The van der Waals surface area contributed by atoms with E-state index in [9.17, 15) is 13.2 Å². The number of Topliss-reactive ketones (excluding diaryl/α,β-unsaturated/α-hetero) is 1. The number of thiophene rings is 1. The number of carbonyl (C=O) groups is 1. The van der Waals surface area contributed by atoms with Crippen LogP contribution in [0.2, 0.25) is 0 Å². The summed E-state index contributed by atoms with van der Waals surface area (Å²) < 4.78 is 26.9. The molecule has 26 heavy (non-hydrogen) atoms. The molecule has 1 aromatic carbocycles. The Morgan fingerprint density at radius 2 is 1.88 bits per heavy atom. The second-order valence-electron chi connectivity index (χ2n) is 5.84. The molecule has 2 heterocycles. The van der Waals surface area contributed by atoms with Crippen molar-refractivity contribution in [1.82, 2.24) is 4.98 Å². The molecule has 134 valence electrons. The standard InChI is InChI=1S/C19H18N2O3S2/c22-18(8-5-16-2-1-10-20-13-16)12-15-3-6-17(7-4-15)21-26(23,24)19-9-11-25-14-19/h1-4,6-7,9-11,13-14,21H,5,8,12H2. The van der Waals surface area contributed by atoms with E-state index in [1.54, 1.807) is 53.5 Å². The van der Waals surface area contributed by atoms with Crippen molar-refractivity contribution in [3.05, 3.63) is 76.7 Å². The van der Waals surface area contributed by atoms with Crippen molar-refractivity contribution in [2.45, 2.75) is 24.2 Å². The molecule has 3 aromatic rings. The number of hydrogen-bond donors (Lipinski definition) is 1. The molecule has 0 amide bonds. The number of rotatable bonds is 8. The second kappa shape index (κ2) is 8.25. The number of aromatic nitrogens is 1. The van der Waals surface area contributed by atoms with Crippen LogP contribution in [-0.4, -0.2) is 19.2 Å². The number of benzene rings is 1. The summed E-state index contributed by atoms with van der Waals surface area (Å²) in [5.74, 6) is 0.139. The van der Waals surface area contributed by atoms with Gasteiger partial charge in [-0.05, 0) is 47.2 Å². The Balaban J connectivity index is 1.55. The van der Waals surface area contributed by atoms with Crippen LogP contribution in [-0.2, 0) is 27.7 Å². The molecule has 0 saturated heterocycles. The average molecular weight is 386 g/mol. The van der Waals surface area contributed by atoms with Crippen LogP contribution in [0.25, 0.3) is 0 Å². The van der Waals surface area contributed by atoms with Crippen LogP contribution in [0.15, 0.2) is 70.5 Å². The van der Waals surface area contributed by atoms with Gasteiger partial charge in [-0.3, -0.25) is 14.5 Å². The number of ketones is 1. The van der Waals surface area contributed by atoms with Crippen molar-refractivity contribution < 1.29 is 13.2 Å². The number of carbonyl (C=O) groups excluding carboxylic acids is 1. The van der Waals surface area contributed by atoms with Crippen LogP contribution in [0.5, 0.6) is 0 Å². The van der Waals surface area contributed by atoms with Gasteiger partial charge in [0.2, 0.25) is 0 Å². The fourth-order valence-corrected chi connectivity index (χ4v) is 4.54. The maximum Gasteiger partial charge on any atom is 0.262 e. The summed E-state index contributed by atoms with van der Waals surface area (Å²) in [6.07, 6.45) is 4.93. The molecule has 0 atom stereocenters. The lowest BCUT2D eigenvalue weighted by atomic mass is 10.0. The number of hydrogen-bond acceptors (Lipinski definition) is 5. The Kier molecular flexibility index (Phi) is 5.80. The van der Waals surface area contributed by atoms with E-state index in [1.807, 2.05) is 12.1 Å². The molecular weight excluding hydrogens is 368 g/mol. The molecule has 0 radical (unpaired) electrons. The number of sulfonamides is 1. The summed E-state index contributed by atoms with van der Waals surface area (Å²) in [5, 5.41) is 3.30. The third-order valence-corrected chi connectivity index (χ3v) is 6.04. The van der Waals surface area contributed by atoms with Gasteiger partial charge >= 0.3 is 0 Å². The molecule has 7 heteroatoms. The maximum absolute atomic E-state index is 12.2. The molecule has 3 rings (SSSR count). The van der Waals surface area contributed by atoms with Crippen molar-refractivity contribution >= 4 is 32.8 Å². The molecule has 0 spiro atoms. The predicted octanol–water partition coefficient (Wildman–Crippen LogP) is 3.69. The molecule has 0 aliphatic heterocycles. The minimum Gasteiger partial charge on any atom is -0.299 e. The normalized spacial score (nSPS) is 11.2. The van der Waals surface area contributed by atoms with E-state index in [4.69, 9.17) is 0 Å². The first-order chi connectivity index (χ1) is 12.5. The van der Waals surface area contributed by atoms with Gasteiger partial charge < -0.3 is 0 Å². The van der Waals surface area contributed by atoms with Crippen LogP contribution < -0.4 is 4.72 Å². The molecule has 2 aromatic heterocycles. The smallest absolute Gasteiger partial charge is 0.262 e. The number of pyridine rings is 1. The van der Waals surface area contributed by atoms with Crippen molar-refractivity contribution in [1.29, 1.82) is 0 Å². The van der Waals surface area contributed by atoms with Crippen molar-refractivity contribution in [3.63, 3.8) is 0 Å². The Bertz CT molecular complexity index is 952. The zero-order valence-corrected chi connectivity index (χ0v) is 15.6. The summed E-state index contributed by atoms with van der Waals surface area (Å²) in [7, 11) is -3.56. The summed E-state index contributed by atoms with van der Waals surface area (Å²) in [5.41, 5.74) is 2.38. The highest BCUT2D eigenvalue weighted by Crippen LogP contribution is 2.19. The van der Waals surface area contributed by atoms with E-state index in [1.165, 1.54) is 11.3 Å². The Labute approximate surface area is 156 Å². The van der Waals surface area contributed by atoms with Crippen LogP contribution >= 0.6 is 11.3 Å². The highest BCUT2D eigenvalue weighted by Gasteiger charge is 2.14. The minimum atomic E-state index is -3.56. The average Bonchev–Trinajstić information content (AvgIpc) is 3.18. The Morgan fingerprint density at radius 1 is 1.08 bits per heavy atom. The lowest BCUT2D eigenvalue weighted by Crippen LogP contribution is -2.12. The van der Waals surface area contributed by atoms with Gasteiger partial charge in [-0.1, -0.05) is 18.2 Å². The fourth-order valence-electron chi connectivity index (χ4n) is 2.46. The summed E-state index contributed by atoms with van der Waals surface area (Å²) in [4.78, 5) is 16.4. The molecule has 0 bridgehead atoms. The van der Waals surface area contributed by atoms with E-state index >= 15 is 0 Å². The zero-order valence-electron chi connectivity index (χ0n) is 14.0. The number of aryl methyl sites for hydroxylation is 1. The summed E-state index contributed by atoms with van der Waals surface area (Å²) in [6.45, 7) is 0. The molecular formula is C19H18N2O3S2. The molecule has 0 aliphatic carbocycles. The van der Waals surface area contributed by atoms with E-state index in [0.717, 1.165) is 11.1 Å². The first-order valence-electron chi connectivity index (χ1n) is 8.07. The third kappa shape index (κ3) is 5.00. The zero-order chi connectivity index (χ0) is 18.4. The van der Waals surface area contributed by atoms with Gasteiger partial charge in [0.15, 0.2) is 0 Å². The van der Waals surface area contributed by atoms with E-state index in [0.29, 0.717) is 24.9 Å². The highest BCUT2D eigenvalue weighted by atomic mass is 32.2. The molecule has 0 fully saturated rings. The summed E-state index contributed by atoms with van der Waals surface area (Å²) >= 11 is 1.33. The van der Waals surface area contributed by atoms with Gasteiger partial charge in [0, 0.05) is 36.3 Å². The Hall–Kier alpha value is -2.51. The first-order valence-corrected chi connectivity index (χ1v) is 10.5. The second-order valence-corrected chi connectivity index (χ2v) is 8.30. The molecule has 1 N–H and O–H groups in total. The largest absolute Gasteiger partial charge is 0.299 e. The van der Waals surface area contributed by atoms with Gasteiger partial charge in [-0.15, -0.1) is 0 Å². The SMILES string of the molecule is O=C(CCc1cccnc1)Cc1ccc(NS(=O)(=O)c2ccsc2)cc1. The topological polar surface area (TPSA) is 76.1 Å². The van der Waals surface area contributed by atoms with Gasteiger partial charge in [-0.2, -0.15) is 11.3 Å². The number of anilines is 1. The molecule has 5 nitrogen and oxygen atoms in total. The monoisotopic (exact) mass is 386 g/mol.